The molecule has 7 nitrogen and oxygen atoms in total. The van der Waals surface area contributed by atoms with Crippen LogP contribution in [0.15, 0.2) is 39.6 Å². The third kappa shape index (κ3) is 3.66. The van der Waals surface area contributed by atoms with Gasteiger partial charge in [-0.05, 0) is 55.5 Å². The molecule has 0 N–H and O–H groups in total. The molecule has 174 valence electrons. The number of benzene rings is 2. The number of sulfonamides is 1. The van der Waals surface area contributed by atoms with Crippen molar-refractivity contribution in [3.8, 4) is 0 Å². The highest BCUT2D eigenvalue weighted by atomic mass is 32.2. The molecule has 3 heterocycles. The largest absolute Gasteiger partial charge is 0.449 e. The number of nitrogens with zero attached hydrogens (tertiary/aromatic N) is 2. The minimum Gasteiger partial charge on any atom is -0.449 e. The predicted molar refractivity (Wildman–Crippen MR) is 125 cm³/mol. The minimum absolute atomic E-state index is 0.168. The highest BCUT2D eigenvalue weighted by Gasteiger charge is 2.35. The van der Waals surface area contributed by atoms with Crippen molar-refractivity contribution in [3.05, 3.63) is 63.9 Å². The van der Waals surface area contributed by atoms with Crippen LogP contribution in [0.5, 0.6) is 0 Å². The third-order valence-electron chi connectivity index (χ3n) is 6.88. The second kappa shape index (κ2) is 8.27. The van der Waals surface area contributed by atoms with Crippen molar-refractivity contribution in [2.75, 3.05) is 32.8 Å². The van der Waals surface area contributed by atoms with Gasteiger partial charge < -0.3 is 14.1 Å². The van der Waals surface area contributed by atoms with Gasteiger partial charge in [-0.1, -0.05) is 24.3 Å². The van der Waals surface area contributed by atoms with Crippen LogP contribution in [0.2, 0.25) is 0 Å². The zero-order valence-electron chi connectivity index (χ0n) is 19.2. The van der Waals surface area contributed by atoms with Gasteiger partial charge in [0.05, 0.1) is 13.2 Å². The topological polar surface area (TPSA) is 80.1 Å². The van der Waals surface area contributed by atoms with Crippen molar-refractivity contribution in [1.82, 2.24) is 9.21 Å². The van der Waals surface area contributed by atoms with E-state index in [-0.39, 0.29) is 22.1 Å². The number of furan rings is 1. The highest BCUT2D eigenvalue weighted by molar-refractivity contribution is 7.89. The van der Waals surface area contributed by atoms with Gasteiger partial charge in [0, 0.05) is 37.1 Å². The Kier molecular flexibility index (Phi) is 5.55. The quantitative estimate of drug-likeness (QED) is 0.587. The maximum atomic E-state index is 13.9. The van der Waals surface area contributed by atoms with E-state index in [1.807, 2.05) is 38.1 Å². The van der Waals surface area contributed by atoms with E-state index in [1.165, 1.54) is 9.87 Å². The third-order valence-corrected chi connectivity index (χ3v) is 8.88. The van der Waals surface area contributed by atoms with Gasteiger partial charge in [-0.25, -0.2) is 8.42 Å². The van der Waals surface area contributed by atoms with E-state index < -0.39 is 10.0 Å². The van der Waals surface area contributed by atoms with Gasteiger partial charge in [0.1, 0.15) is 4.90 Å². The molecule has 1 amide bonds. The van der Waals surface area contributed by atoms with Crippen LogP contribution in [-0.4, -0.2) is 56.4 Å². The molecule has 3 aromatic rings. The van der Waals surface area contributed by atoms with Crippen molar-refractivity contribution >= 4 is 26.9 Å². The van der Waals surface area contributed by atoms with Crippen LogP contribution in [0.1, 0.15) is 38.4 Å². The van der Waals surface area contributed by atoms with Crippen molar-refractivity contribution in [3.63, 3.8) is 0 Å². The van der Waals surface area contributed by atoms with Gasteiger partial charge in [-0.3, -0.25) is 4.79 Å². The Hall–Kier alpha value is -2.68. The van der Waals surface area contributed by atoms with E-state index >= 15 is 0 Å². The Balaban J connectivity index is 1.62. The van der Waals surface area contributed by atoms with E-state index in [0.717, 1.165) is 11.1 Å². The Morgan fingerprint density at radius 2 is 1.67 bits per heavy atom. The van der Waals surface area contributed by atoms with Gasteiger partial charge in [0.25, 0.3) is 5.91 Å². The molecular formula is C25H28N2O5S. The fourth-order valence-electron chi connectivity index (χ4n) is 4.77. The van der Waals surface area contributed by atoms with E-state index in [2.05, 4.69) is 6.07 Å². The van der Waals surface area contributed by atoms with Crippen LogP contribution in [0.25, 0.3) is 11.0 Å². The number of carbonyl (C=O) groups excluding carboxylic acids is 1. The highest BCUT2D eigenvalue weighted by Crippen LogP contribution is 2.37. The van der Waals surface area contributed by atoms with Crippen molar-refractivity contribution in [1.29, 1.82) is 0 Å². The lowest BCUT2D eigenvalue weighted by atomic mass is 10.0. The van der Waals surface area contributed by atoms with E-state index in [4.69, 9.17) is 9.15 Å². The number of ether oxygens (including phenoxy) is 1. The SMILES string of the molecule is Cc1cc2c(C)c(C(=O)N3CCOCC3)oc2c(S(=O)(=O)N2CCc3ccccc3C2)c1C. The molecule has 0 radical (unpaired) electrons. The van der Waals surface area contributed by atoms with Crippen LogP contribution in [0, 0.1) is 20.8 Å². The summed E-state index contributed by atoms with van der Waals surface area (Å²) >= 11 is 0. The molecule has 0 unspecified atom stereocenters. The van der Waals surface area contributed by atoms with Crippen LogP contribution in [-0.2, 0) is 27.7 Å². The second-order valence-corrected chi connectivity index (χ2v) is 10.7. The molecular weight excluding hydrogens is 440 g/mol. The van der Waals surface area contributed by atoms with Crippen LogP contribution in [0.4, 0.5) is 0 Å². The normalized spacial score (nSPS) is 17.4. The predicted octanol–water partition coefficient (Wildman–Crippen LogP) is 3.58. The first kappa shape index (κ1) is 22.1. The van der Waals surface area contributed by atoms with Crippen molar-refractivity contribution < 1.29 is 22.4 Å². The fraction of sp³-hybridized carbons (Fsp3) is 0.400. The molecule has 0 saturated carbocycles. The van der Waals surface area contributed by atoms with E-state index in [1.54, 1.807) is 11.8 Å². The number of hydrogen-bond acceptors (Lipinski definition) is 5. The number of carbonyl (C=O) groups is 1. The summed E-state index contributed by atoms with van der Waals surface area (Å²) in [5, 5.41) is 0.672. The lowest BCUT2D eigenvalue weighted by Crippen LogP contribution is -2.40. The molecule has 0 spiro atoms. The molecule has 0 atom stereocenters. The molecule has 2 aliphatic rings. The maximum Gasteiger partial charge on any atom is 0.290 e. The molecule has 1 saturated heterocycles. The minimum atomic E-state index is -3.84. The van der Waals surface area contributed by atoms with Crippen LogP contribution in [0.3, 0.4) is 0 Å². The summed E-state index contributed by atoms with van der Waals surface area (Å²) < 4.78 is 40.8. The summed E-state index contributed by atoms with van der Waals surface area (Å²) in [4.78, 5) is 15.0. The Morgan fingerprint density at radius 3 is 2.39 bits per heavy atom. The maximum absolute atomic E-state index is 13.9. The van der Waals surface area contributed by atoms with E-state index in [0.29, 0.717) is 62.3 Å². The van der Waals surface area contributed by atoms with Gasteiger partial charge in [-0.15, -0.1) is 0 Å². The first-order valence-corrected chi connectivity index (χ1v) is 12.7. The molecule has 33 heavy (non-hydrogen) atoms. The fourth-order valence-corrected chi connectivity index (χ4v) is 6.60. The average Bonchev–Trinajstić information content (AvgIpc) is 3.14. The van der Waals surface area contributed by atoms with Gasteiger partial charge in [0.2, 0.25) is 10.0 Å². The molecule has 0 bridgehead atoms. The number of aryl methyl sites for hydroxylation is 2. The van der Waals surface area contributed by atoms with Crippen molar-refractivity contribution in [2.45, 2.75) is 38.6 Å². The van der Waals surface area contributed by atoms with Gasteiger partial charge in [0.15, 0.2) is 11.3 Å². The van der Waals surface area contributed by atoms with Crippen molar-refractivity contribution in [2.24, 2.45) is 0 Å². The van der Waals surface area contributed by atoms with Crippen LogP contribution >= 0.6 is 0 Å². The lowest BCUT2D eigenvalue weighted by Gasteiger charge is -2.28. The number of hydrogen-bond donors (Lipinski definition) is 0. The molecule has 1 fully saturated rings. The second-order valence-electron chi connectivity index (χ2n) is 8.84. The number of amides is 1. The summed E-state index contributed by atoms with van der Waals surface area (Å²) in [6.45, 7) is 8.22. The van der Waals surface area contributed by atoms with Gasteiger partial charge in [-0.2, -0.15) is 4.31 Å². The Bertz CT molecular complexity index is 1350. The number of morpholine rings is 1. The first-order valence-electron chi connectivity index (χ1n) is 11.3. The average molecular weight is 469 g/mol. The zero-order chi connectivity index (χ0) is 23.3. The summed E-state index contributed by atoms with van der Waals surface area (Å²) in [7, 11) is -3.84. The number of rotatable bonds is 3. The lowest BCUT2D eigenvalue weighted by molar-refractivity contribution is 0.0283. The Labute approximate surface area is 194 Å². The number of fused-ring (bicyclic) bond motifs is 2. The summed E-state index contributed by atoms with van der Waals surface area (Å²) in [6, 6.07) is 9.87. The molecule has 2 aliphatic heterocycles. The monoisotopic (exact) mass is 468 g/mol. The summed E-state index contributed by atoms with van der Waals surface area (Å²) in [6.07, 6.45) is 0.668. The molecule has 8 heteroatoms. The van der Waals surface area contributed by atoms with Gasteiger partial charge >= 0.3 is 0 Å². The molecule has 0 aliphatic carbocycles. The van der Waals surface area contributed by atoms with E-state index in [9.17, 15) is 13.2 Å². The summed E-state index contributed by atoms with van der Waals surface area (Å²) in [5.41, 5.74) is 4.65. The standard InChI is InChI=1S/C25H28N2O5S/c1-16-14-21-18(3)22(25(28)26-10-12-31-13-11-26)32-23(21)24(17(16)2)33(29,30)27-9-8-19-6-4-5-7-20(19)15-27/h4-7,14H,8-13,15H2,1-3H3. The zero-order valence-corrected chi connectivity index (χ0v) is 20.0. The summed E-state index contributed by atoms with van der Waals surface area (Å²) in [5.74, 6) is -0.0186. The Morgan fingerprint density at radius 1 is 0.970 bits per heavy atom. The molecule has 5 rings (SSSR count). The first-order chi connectivity index (χ1) is 15.8. The molecule has 1 aromatic heterocycles. The smallest absolute Gasteiger partial charge is 0.290 e. The van der Waals surface area contributed by atoms with Crippen LogP contribution < -0.4 is 0 Å². The molecule has 2 aromatic carbocycles.